The minimum atomic E-state index is -3.17. The van der Waals surface area contributed by atoms with E-state index in [2.05, 4.69) is 0 Å². The van der Waals surface area contributed by atoms with E-state index in [1.54, 1.807) is 18.2 Å². The molecule has 2 aromatic rings. The molecular weight excluding hydrogens is 284 g/mol. The third kappa shape index (κ3) is 3.72. The SMILES string of the molecule is CS(=O)(=O)c1ccc(OCc2ccccc2Cl)cc1. The van der Waals surface area contributed by atoms with Crippen molar-refractivity contribution in [2.75, 3.05) is 6.26 Å². The molecule has 2 rings (SSSR count). The van der Waals surface area contributed by atoms with E-state index < -0.39 is 9.84 Å². The van der Waals surface area contributed by atoms with Crippen LogP contribution in [0.5, 0.6) is 5.75 Å². The van der Waals surface area contributed by atoms with Gasteiger partial charge in [-0.25, -0.2) is 8.42 Å². The molecule has 0 spiro atoms. The Morgan fingerprint density at radius 3 is 2.26 bits per heavy atom. The van der Waals surface area contributed by atoms with Crippen molar-refractivity contribution in [1.29, 1.82) is 0 Å². The maximum atomic E-state index is 11.3. The predicted octanol–water partition coefficient (Wildman–Crippen LogP) is 3.32. The first-order valence-electron chi connectivity index (χ1n) is 5.63. The van der Waals surface area contributed by atoms with E-state index in [-0.39, 0.29) is 4.90 Å². The van der Waals surface area contributed by atoms with Crippen LogP contribution in [0.4, 0.5) is 0 Å². The Morgan fingerprint density at radius 1 is 1.05 bits per heavy atom. The van der Waals surface area contributed by atoms with Gasteiger partial charge in [-0.05, 0) is 30.3 Å². The quantitative estimate of drug-likeness (QED) is 0.869. The summed E-state index contributed by atoms with van der Waals surface area (Å²) in [6.45, 7) is 0.345. The first-order valence-corrected chi connectivity index (χ1v) is 7.90. The molecule has 0 fully saturated rings. The Bertz CT molecular complexity index is 663. The third-order valence-corrected chi connectivity index (χ3v) is 4.10. The van der Waals surface area contributed by atoms with Gasteiger partial charge in [0, 0.05) is 16.8 Å². The molecule has 0 unspecified atom stereocenters. The molecule has 5 heteroatoms. The Hall–Kier alpha value is -1.52. The summed E-state index contributed by atoms with van der Waals surface area (Å²) in [5, 5.41) is 0.648. The van der Waals surface area contributed by atoms with Crippen LogP contribution in [0.3, 0.4) is 0 Å². The zero-order valence-corrected chi connectivity index (χ0v) is 11.9. The van der Waals surface area contributed by atoms with Crippen LogP contribution in [0, 0.1) is 0 Å². The second-order valence-electron chi connectivity index (χ2n) is 4.12. The van der Waals surface area contributed by atoms with E-state index in [0.717, 1.165) is 5.56 Å². The molecule has 0 saturated carbocycles. The van der Waals surface area contributed by atoms with Crippen LogP contribution in [-0.4, -0.2) is 14.7 Å². The van der Waals surface area contributed by atoms with E-state index in [1.807, 2.05) is 18.2 Å². The zero-order valence-electron chi connectivity index (χ0n) is 10.3. The summed E-state index contributed by atoms with van der Waals surface area (Å²) in [6.07, 6.45) is 1.17. The topological polar surface area (TPSA) is 43.4 Å². The fraction of sp³-hybridized carbons (Fsp3) is 0.143. The molecule has 0 radical (unpaired) electrons. The van der Waals surface area contributed by atoms with Gasteiger partial charge in [-0.15, -0.1) is 0 Å². The highest BCUT2D eigenvalue weighted by atomic mass is 35.5. The first kappa shape index (κ1) is 13.9. The highest BCUT2D eigenvalue weighted by Gasteiger charge is 2.06. The molecule has 0 atom stereocenters. The van der Waals surface area contributed by atoms with Crippen molar-refractivity contribution in [2.24, 2.45) is 0 Å². The van der Waals surface area contributed by atoms with Crippen LogP contribution in [0.2, 0.25) is 5.02 Å². The molecule has 0 bridgehead atoms. The highest BCUT2D eigenvalue weighted by Crippen LogP contribution is 2.20. The van der Waals surface area contributed by atoms with E-state index >= 15 is 0 Å². The van der Waals surface area contributed by atoms with Gasteiger partial charge in [0.2, 0.25) is 0 Å². The molecule has 0 aliphatic rings. The van der Waals surface area contributed by atoms with Gasteiger partial charge < -0.3 is 4.74 Å². The molecule has 0 aromatic heterocycles. The second-order valence-corrected chi connectivity index (χ2v) is 6.55. The standard InChI is InChI=1S/C14H13ClO3S/c1-19(16,17)13-8-6-12(7-9-13)18-10-11-4-2-3-5-14(11)15/h2-9H,10H2,1H3. The van der Waals surface area contributed by atoms with Gasteiger partial charge in [-0.1, -0.05) is 29.8 Å². The normalized spacial score (nSPS) is 11.3. The zero-order chi connectivity index (χ0) is 13.9. The number of hydrogen-bond donors (Lipinski definition) is 0. The number of hydrogen-bond acceptors (Lipinski definition) is 3. The van der Waals surface area contributed by atoms with Crippen molar-refractivity contribution in [3.05, 3.63) is 59.1 Å². The average molecular weight is 297 g/mol. The molecule has 100 valence electrons. The molecular formula is C14H13ClO3S. The van der Waals surface area contributed by atoms with Gasteiger partial charge in [0.1, 0.15) is 12.4 Å². The molecule has 0 aliphatic carbocycles. The van der Waals surface area contributed by atoms with Crippen molar-refractivity contribution >= 4 is 21.4 Å². The van der Waals surface area contributed by atoms with Crippen LogP contribution >= 0.6 is 11.6 Å². The summed E-state index contributed by atoms with van der Waals surface area (Å²) >= 11 is 6.02. The fourth-order valence-corrected chi connectivity index (χ4v) is 2.38. The van der Waals surface area contributed by atoms with E-state index in [9.17, 15) is 8.42 Å². The average Bonchev–Trinajstić information content (AvgIpc) is 2.37. The van der Waals surface area contributed by atoms with Gasteiger partial charge in [0.15, 0.2) is 9.84 Å². The fourth-order valence-electron chi connectivity index (χ4n) is 1.56. The number of rotatable bonds is 4. The molecule has 0 saturated heterocycles. The number of sulfone groups is 1. The maximum absolute atomic E-state index is 11.3. The minimum absolute atomic E-state index is 0.276. The molecule has 0 N–H and O–H groups in total. The summed E-state index contributed by atoms with van der Waals surface area (Å²) in [7, 11) is -3.17. The summed E-state index contributed by atoms with van der Waals surface area (Å²) in [5.41, 5.74) is 0.886. The van der Waals surface area contributed by atoms with Crippen LogP contribution in [-0.2, 0) is 16.4 Å². The van der Waals surface area contributed by atoms with Crippen molar-refractivity contribution < 1.29 is 13.2 Å². The van der Waals surface area contributed by atoms with E-state index in [1.165, 1.54) is 18.4 Å². The molecule has 0 amide bonds. The Morgan fingerprint density at radius 2 is 1.68 bits per heavy atom. The van der Waals surface area contributed by atoms with Crippen molar-refractivity contribution in [3.8, 4) is 5.75 Å². The second kappa shape index (κ2) is 5.63. The van der Waals surface area contributed by atoms with Crippen LogP contribution in [0.1, 0.15) is 5.56 Å². The Balaban J connectivity index is 2.07. The van der Waals surface area contributed by atoms with Crippen LogP contribution in [0.15, 0.2) is 53.4 Å². The number of benzene rings is 2. The number of ether oxygens (including phenoxy) is 1. The molecule has 3 nitrogen and oxygen atoms in total. The minimum Gasteiger partial charge on any atom is -0.489 e. The van der Waals surface area contributed by atoms with Gasteiger partial charge in [0.25, 0.3) is 0 Å². The summed E-state index contributed by atoms with van der Waals surface area (Å²) < 4.78 is 28.2. The third-order valence-electron chi connectivity index (χ3n) is 2.60. The summed E-state index contributed by atoms with van der Waals surface area (Å²) in [6, 6.07) is 13.7. The summed E-state index contributed by atoms with van der Waals surface area (Å²) in [5.74, 6) is 0.604. The lowest BCUT2D eigenvalue weighted by molar-refractivity contribution is 0.306. The lowest BCUT2D eigenvalue weighted by Gasteiger charge is -2.08. The summed E-state index contributed by atoms with van der Waals surface area (Å²) in [4.78, 5) is 0.276. The Labute approximate surface area is 117 Å². The smallest absolute Gasteiger partial charge is 0.175 e. The van der Waals surface area contributed by atoms with Gasteiger partial charge in [-0.2, -0.15) is 0 Å². The van der Waals surface area contributed by atoms with Crippen molar-refractivity contribution in [2.45, 2.75) is 11.5 Å². The van der Waals surface area contributed by atoms with Crippen molar-refractivity contribution in [3.63, 3.8) is 0 Å². The monoisotopic (exact) mass is 296 g/mol. The highest BCUT2D eigenvalue weighted by molar-refractivity contribution is 7.90. The van der Waals surface area contributed by atoms with Crippen LogP contribution < -0.4 is 4.74 Å². The predicted molar refractivity (Wildman–Crippen MR) is 75.3 cm³/mol. The largest absolute Gasteiger partial charge is 0.489 e. The van der Waals surface area contributed by atoms with Crippen molar-refractivity contribution in [1.82, 2.24) is 0 Å². The molecule has 0 heterocycles. The van der Waals surface area contributed by atoms with Gasteiger partial charge in [0.05, 0.1) is 4.90 Å². The molecule has 2 aromatic carbocycles. The van der Waals surface area contributed by atoms with Crippen LogP contribution in [0.25, 0.3) is 0 Å². The maximum Gasteiger partial charge on any atom is 0.175 e. The van der Waals surface area contributed by atoms with E-state index in [0.29, 0.717) is 17.4 Å². The molecule has 0 aliphatic heterocycles. The van der Waals surface area contributed by atoms with Gasteiger partial charge >= 0.3 is 0 Å². The van der Waals surface area contributed by atoms with Gasteiger partial charge in [-0.3, -0.25) is 0 Å². The lowest BCUT2D eigenvalue weighted by Crippen LogP contribution is -1.98. The lowest BCUT2D eigenvalue weighted by atomic mass is 10.2. The Kier molecular flexibility index (Phi) is 4.12. The molecule has 19 heavy (non-hydrogen) atoms. The first-order chi connectivity index (χ1) is 8.97. The van der Waals surface area contributed by atoms with E-state index in [4.69, 9.17) is 16.3 Å². The number of halogens is 1.